The summed E-state index contributed by atoms with van der Waals surface area (Å²) in [6, 6.07) is 32.2. The Hall–Kier alpha value is -3.65. The van der Waals surface area contributed by atoms with Gasteiger partial charge >= 0.3 is 0 Å². The normalized spacial score (nSPS) is 10.5. The van der Waals surface area contributed by atoms with E-state index in [2.05, 4.69) is 0 Å². The molecule has 0 bridgehead atoms. The van der Waals surface area contributed by atoms with E-state index in [0.717, 1.165) is 16.7 Å². The fourth-order valence-electron chi connectivity index (χ4n) is 3.19. The van der Waals surface area contributed by atoms with Gasteiger partial charge in [-0.25, -0.2) is 0 Å². The van der Waals surface area contributed by atoms with Gasteiger partial charge in [-0.3, -0.25) is 4.79 Å². The molecule has 0 aliphatic heterocycles. The molecule has 4 aromatic carbocycles. The summed E-state index contributed by atoms with van der Waals surface area (Å²) in [5, 5.41) is 10.9. The fourth-order valence-corrected chi connectivity index (χ4v) is 3.19. The topological polar surface area (TPSA) is 37.3 Å². The Labute approximate surface area is 158 Å². The predicted molar refractivity (Wildman–Crippen MR) is 109 cm³/mol. The Morgan fingerprint density at radius 2 is 1.11 bits per heavy atom. The summed E-state index contributed by atoms with van der Waals surface area (Å²) in [5.41, 5.74) is 4.27. The van der Waals surface area contributed by atoms with E-state index >= 15 is 0 Å². The summed E-state index contributed by atoms with van der Waals surface area (Å²) in [7, 11) is 0. The Balaban J connectivity index is 1.94. The van der Waals surface area contributed by atoms with Crippen molar-refractivity contribution in [1.29, 1.82) is 0 Å². The minimum atomic E-state index is -0.192. The van der Waals surface area contributed by atoms with Crippen LogP contribution in [0, 0.1) is 0 Å². The maximum Gasteiger partial charge on any atom is 0.196 e. The second-order valence-corrected chi connectivity index (χ2v) is 6.35. The second-order valence-electron chi connectivity index (χ2n) is 6.35. The number of hydrogen-bond acceptors (Lipinski definition) is 2. The van der Waals surface area contributed by atoms with E-state index in [1.54, 1.807) is 18.2 Å². The summed E-state index contributed by atoms with van der Waals surface area (Å²) in [5.74, 6) is -0.183. The van der Waals surface area contributed by atoms with Gasteiger partial charge in [0.25, 0.3) is 0 Å². The Morgan fingerprint density at radius 3 is 1.70 bits per heavy atom. The largest absolute Gasteiger partial charge is 0.507 e. The van der Waals surface area contributed by atoms with Crippen LogP contribution < -0.4 is 0 Å². The SMILES string of the molecule is O=C(c1ccccc1)c1cc(-c2ccccc2)cc(-c2ccccc2)c1O. The average Bonchev–Trinajstić information content (AvgIpc) is 2.75. The Bertz CT molecular complexity index is 1070. The summed E-state index contributed by atoms with van der Waals surface area (Å²) in [6.45, 7) is 0. The van der Waals surface area contributed by atoms with E-state index in [9.17, 15) is 9.90 Å². The van der Waals surface area contributed by atoms with Crippen LogP contribution in [-0.2, 0) is 0 Å². The first-order valence-electron chi connectivity index (χ1n) is 8.81. The van der Waals surface area contributed by atoms with Crippen LogP contribution in [0.15, 0.2) is 103 Å². The van der Waals surface area contributed by atoms with E-state index in [0.29, 0.717) is 16.7 Å². The molecule has 4 aromatic rings. The van der Waals surface area contributed by atoms with Crippen molar-refractivity contribution in [2.24, 2.45) is 0 Å². The van der Waals surface area contributed by atoms with Crippen molar-refractivity contribution in [2.45, 2.75) is 0 Å². The number of carbonyl (C=O) groups excluding carboxylic acids is 1. The van der Waals surface area contributed by atoms with Gasteiger partial charge in [0.05, 0.1) is 5.56 Å². The molecule has 0 fully saturated rings. The molecule has 0 heterocycles. The zero-order chi connectivity index (χ0) is 18.6. The third-order valence-corrected chi connectivity index (χ3v) is 4.58. The van der Waals surface area contributed by atoms with Crippen molar-refractivity contribution in [3.63, 3.8) is 0 Å². The van der Waals surface area contributed by atoms with Crippen LogP contribution in [0.4, 0.5) is 0 Å². The quantitative estimate of drug-likeness (QED) is 0.461. The highest BCUT2D eigenvalue weighted by Gasteiger charge is 2.19. The van der Waals surface area contributed by atoms with Gasteiger partial charge in [0.1, 0.15) is 5.75 Å². The molecule has 0 saturated heterocycles. The van der Waals surface area contributed by atoms with Gasteiger partial charge in [-0.05, 0) is 28.8 Å². The molecule has 0 atom stereocenters. The van der Waals surface area contributed by atoms with Gasteiger partial charge in [-0.2, -0.15) is 0 Å². The predicted octanol–water partition coefficient (Wildman–Crippen LogP) is 5.96. The molecule has 27 heavy (non-hydrogen) atoms. The zero-order valence-electron chi connectivity index (χ0n) is 14.7. The average molecular weight is 350 g/mol. The van der Waals surface area contributed by atoms with Crippen molar-refractivity contribution in [2.75, 3.05) is 0 Å². The highest BCUT2D eigenvalue weighted by atomic mass is 16.3. The summed E-state index contributed by atoms with van der Waals surface area (Å²) in [6.07, 6.45) is 0. The number of phenols is 1. The van der Waals surface area contributed by atoms with Gasteiger partial charge < -0.3 is 5.11 Å². The van der Waals surface area contributed by atoms with Gasteiger partial charge in [0, 0.05) is 11.1 Å². The van der Waals surface area contributed by atoms with E-state index in [4.69, 9.17) is 0 Å². The lowest BCUT2D eigenvalue weighted by Gasteiger charge is -2.13. The van der Waals surface area contributed by atoms with Crippen LogP contribution in [0.25, 0.3) is 22.3 Å². The molecule has 0 amide bonds. The molecule has 0 aromatic heterocycles. The molecule has 0 radical (unpaired) electrons. The number of benzene rings is 4. The van der Waals surface area contributed by atoms with Crippen LogP contribution in [0.3, 0.4) is 0 Å². The van der Waals surface area contributed by atoms with Crippen molar-refractivity contribution in [3.8, 4) is 28.0 Å². The minimum Gasteiger partial charge on any atom is -0.507 e. The number of phenolic OH excluding ortho intramolecular Hbond substituents is 1. The highest BCUT2D eigenvalue weighted by Crippen LogP contribution is 2.37. The molecule has 0 unspecified atom stereocenters. The first-order valence-corrected chi connectivity index (χ1v) is 8.81. The molecule has 0 aliphatic carbocycles. The molecular formula is C25H18O2. The second kappa shape index (κ2) is 7.30. The van der Waals surface area contributed by atoms with Crippen molar-refractivity contribution in [3.05, 3.63) is 114 Å². The lowest BCUT2D eigenvalue weighted by Crippen LogP contribution is -2.03. The molecular weight excluding hydrogens is 332 g/mol. The van der Waals surface area contributed by atoms with Crippen LogP contribution in [0.1, 0.15) is 15.9 Å². The molecule has 130 valence electrons. The number of hydrogen-bond donors (Lipinski definition) is 1. The first-order chi connectivity index (χ1) is 13.2. The minimum absolute atomic E-state index is 0.00901. The molecule has 4 rings (SSSR count). The lowest BCUT2D eigenvalue weighted by molar-refractivity contribution is 0.103. The van der Waals surface area contributed by atoms with E-state index in [-0.39, 0.29) is 11.5 Å². The molecule has 2 nitrogen and oxygen atoms in total. The third kappa shape index (κ3) is 3.38. The fraction of sp³-hybridized carbons (Fsp3) is 0. The van der Waals surface area contributed by atoms with Crippen molar-refractivity contribution >= 4 is 5.78 Å². The van der Waals surface area contributed by atoms with Crippen LogP contribution in [0.5, 0.6) is 5.75 Å². The van der Waals surface area contributed by atoms with E-state index < -0.39 is 0 Å². The van der Waals surface area contributed by atoms with Gasteiger partial charge in [-0.1, -0.05) is 91.0 Å². The van der Waals surface area contributed by atoms with Gasteiger partial charge in [0.15, 0.2) is 5.78 Å². The van der Waals surface area contributed by atoms with Crippen LogP contribution >= 0.6 is 0 Å². The Kier molecular flexibility index (Phi) is 4.54. The van der Waals surface area contributed by atoms with Crippen LogP contribution in [0.2, 0.25) is 0 Å². The van der Waals surface area contributed by atoms with Crippen LogP contribution in [-0.4, -0.2) is 10.9 Å². The first kappa shape index (κ1) is 16.8. The number of rotatable bonds is 4. The van der Waals surface area contributed by atoms with Crippen molar-refractivity contribution < 1.29 is 9.90 Å². The molecule has 1 N–H and O–H groups in total. The van der Waals surface area contributed by atoms with Gasteiger partial charge in [-0.15, -0.1) is 0 Å². The maximum atomic E-state index is 13.1. The maximum absolute atomic E-state index is 13.1. The number of aromatic hydroxyl groups is 1. The molecule has 0 saturated carbocycles. The highest BCUT2D eigenvalue weighted by molar-refractivity contribution is 6.12. The molecule has 0 aliphatic rings. The van der Waals surface area contributed by atoms with E-state index in [1.165, 1.54) is 0 Å². The van der Waals surface area contributed by atoms with Crippen molar-refractivity contribution in [1.82, 2.24) is 0 Å². The lowest BCUT2D eigenvalue weighted by atomic mass is 9.92. The monoisotopic (exact) mass is 350 g/mol. The summed E-state index contributed by atoms with van der Waals surface area (Å²) in [4.78, 5) is 13.1. The smallest absolute Gasteiger partial charge is 0.196 e. The zero-order valence-corrected chi connectivity index (χ0v) is 14.7. The van der Waals surface area contributed by atoms with E-state index in [1.807, 2.05) is 84.9 Å². The van der Waals surface area contributed by atoms with Gasteiger partial charge in [0.2, 0.25) is 0 Å². The molecule has 0 spiro atoms. The number of carbonyl (C=O) groups is 1. The molecule has 2 heteroatoms. The third-order valence-electron chi connectivity index (χ3n) is 4.58. The summed E-state index contributed by atoms with van der Waals surface area (Å²) >= 11 is 0. The Morgan fingerprint density at radius 1 is 0.593 bits per heavy atom. The summed E-state index contributed by atoms with van der Waals surface area (Å²) < 4.78 is 0. The number of ketones is 1. The standard InChI is InChI=1S/C25H18O2/c26-24(20-14-8-3-9-15-20)23-17-21(18-10-4-1-5-11-18)16-22(25(23)27)19-12-6-2-7-13-19/h1-17,27H.